The molecule has 0 unspecified atom stereocenters. The molecule has 0 aliphatic heterocycles. The van der Waals surface area contributed by atoms with Gasteiger partial charge in [-0.1, -0.05) is 91.0 Å². The van der Waals surface area contributed by atoms with E-state index >= 15 is 0 Å². The van der Waals surface area contributed by atoms with E-state index in [0.717, 1.165) is 40.7 Å². The second kappa shape index (κ2) is 13.2. The van der Waals surface area contributed by atoms with Gasteiger partial charge in [0.05, 0.1) is 0 Å². The van der Waals surface area contributed by atoms with Crippen LogP contribution in [0.25, 0.3) is 11.1 Å². The van der Waals surface area contributed by atoms with E-state index < -0.39 is 8.32 Å². The Morgan fingerprint density at radius 2 is 0.705 bits per heavy atom. The summed E-state index contributed by atoms with van der Waals surface area (Å²) >= 11 is 0. The Hall–Kier alpha value is -4.90. The monoisotopic (exact) mass is 590 g/mol. The standard InChI is InChI=1S/C40H38N2OSi/c1-4-43-44(2,3)40-30-28-39(29-31-40)42(36-18-12-7-13-19-36)38-26-22-33(23-27-38)32-20-24-37(25-21-32)41(34-14-8-5-9-15-34)35-16-10-6-11-17-35/h5-31H,4H2,1-3H3. The highest BCUT2D eigenvalue weighted by Crippen LogP contribution is 2.37. The van der Waals surface area contributed by atoms with Crippen molar-refractivity contribution in [2.75, 3.05) is 16.4 Å². The van der Waals surface area contributed by atoms with E-state index in [1.54, 1.807) is 0 Å². The Balaban J connectivity index is 1.29. The topological polar surface area (TPSA) is 15.7 Å². The van der Waals surface area contributed by atoms with Crippen LogP contribution in [-0.2, 0) is 4.43 Å². The summed E-state index contributed by atoms with van der Waals surface area (Å²) in [5.41, 5.74) is 9.12. The van der Waals surface area contributed by atoms with Crippen LogP contribution in [0, 0.1) is 0 Å². The lowest BCUT2D eigenvalue weighted by molar-refractivity contribution is 0.339. The highest BCUT2D eigenvalue weighted by molar-refractivity contribution is 6.84. The van der Waals surface area contributed by atoms with E-state index in [4.69, 9.17) is 4.43 Å². The van der Waals surface area contributed by atoms with Gasteiger partial charge in [0.15, 0.2) is 0 Å². The second-order valence-corrected chi connectivity index (χ2v) is 15.1. The van der Waals surface area contributed by atoms with Gasteiger partial charge in [-0.3, -0.25) is 0 Å². The first-order valence-electron chi connectivity index (χ1n) is 15.2. The van der Waals surface area contributed by atoms with Crippen molar-refractivity contribution in [3.05, 3.63) is 164 Å². The van der Waals surface area contributed by atoms with Crippen LogP contribution in [0.2, 0.25) is 13.1 Å². The highest BCUT2D eigenvalue weighted by Gasteiger charge is 2.25. The summed E-state index contributed by atoms with van der Waals surface area (Å²) in [6, 6.07) is 58.1. The molecule has 6 rings (SSSR count). The van der Waals surface area contributed by atoms with Crippen LogP contribution in [0.1, 0.15) is 6.92 Å². The molecule has 0 N–H and O–H groups in total. The Bertz CT molecular complexity index is 1720. The molecular formula is C40H38N2OSi. The Kier molecular flexibility index (Phi) is 8.73. The summed E-state index contributed by atoms with van der Waals surface area (Å²) in [5, 5.41) is 1.30. The molecule has 0 spiro atoms. The number of rotatable bonds is 10. The minimum Gasteiger partial charge on any atom is -0.413 e. The lowest BCUT2D eigenvalue weighted by Gasteiger charge is -2.27. The van der Waals surface area contributed by atoms with E-state index in [0.29, 0.717) is 0 Å². The van der Waals surface area contributed by atoms with E-state index in [9.17, 15) is 0 Å². The van der Waals surface area contributed by atoms with Crippen molar-refractivity contribution in [2.24, 2.45) is 0 Å². The van der Waals surface area contributed by atoms with E-state index in [-0.39, 0.29) is 0 Å². The van der Waals surface area contributed by atoms with Crippen molar-refractivity contribution >= 4 is 47.6 Å². The second-order valence-electron chi connectivity index (χ2n) is 11.3. The molecule has 0 saturated carbocycles. The molecule has 0 saturated heterocycles. The van der Waals surface area contributed by atoms with Gasteiger partial charge in [-0.15, -0.1) is 0 Å². The normalized spacial score (nSPS) is 11.2. The van der Waals surface area contributed by atoms with Gasteiger partial charge in [-0.05, 0) is 109 Å². The van der Waals surface area contributed by atoms with Crippen molar-refractivity contribution in [1.82, 2.24) is 0 Å². The molecular weight excluding hydrogens is 553 g/mol. The zero-order valence-electron chi connectivity index (χ0n) is 25.6. The minimum absolute atomic E-state index is 0.741. The predicted octanol–water partition coefficient (Wildman–Crippen LogP) is 10.7. The lowest BCUT2D eigenvalue weighted by Crippen LogP contribution is -2.44. The van der Waals surface area contributed by atoms with Gasteiger partial charge in [0.25, 0.3) is 0 Å². The molecule has 218 valence electrons. The first-order chi connectivity index (χ1) is 21.5. The minimum atomic E-state index is -1.91. The average Bonchev–Trinajstić information content (AvgIpc) is 3.07. The van der Waals surface area contributed by atoms with E-state index in [2.05, 4.69) is 194 Å². The lowest BCUT2D eigenvalue weighted by atomic mass is 10.0. The zero-order valence-corrected chi connectivity index (χ0v) is 26.6. The highest BCUT2D eigenvalue weighted by atomic mass is 28.4. The van der Waals surface area contributed by atoms with Gasteiger partial charge in [-0.25, -0.2) is 0 Å². The molecule has 0 atom stereocenters. The molecule has 3 nitrogen and oxygen atoms in total. The Morgan fingerprint density at radius 3 is 1.02 bits per heavy atom. The van der Waals surface area contributed by atoms with Gasteiger partial charge in [-0.2, -0.15) is 0 Å². The summed E-state index contributed by atoms with van der Waals surface area (Å²) in [6.45, 7) is 7.33. The number of hydrogen-bond acceptors (Lipinski definition) is 3. The molecule has 0 fully saturated rings. The number of nitrogens with zero attached hydrogens (tertiary/aromatic N) is 2. The summed E-state index contributed by atoms with van der Waals surface area (Å²) < 4.78 is 6.13. The van der Waals surface area contributed by atoms with Crippen LogP contribution >= 0.6 is 0 Å². The molecule has 0 aromatic heterocycles. The molecule has 4 heteroatoms. The van der Waals surface area contributed by atoms with Gasteiger partial charge < -0.3 is 14.2 Å². The van der Waals surface area contributed by atoms with Gasteiger partial charge in [0.2, 0.25) is 8.32 Å². The maximum Gasteiger partial charge on any atom is 0.218 e. The maximum absolute atomic E-state index is 6.13. The van der Waals surface area contributed by atoms with Crippen molar-refractivity contribution in [3.63, 3.8) is 0 Å². The predicted molar refractivity (Wildman–Crippen MR) is 190 cm³/mol. The van der Waals surface area contributed by atoms with Gasteiger partial charge in [0.1, 0.15) is 0 Å². The average molecular weight is 591 g/mol. The fourth-order valence-corrected chi connectivity index (χ4v) is 7.55. The third-order valence-electron chi connectivity index (χ3n) is 7.95. The molecule has 6 aromatic rings. The van der Waals surface area contributed by atoms with Gasteiger partial charge >= 0.3 is 0 Å². The third kappa shape index (κ3) is 6.37. The molecule has 44 heavy (non-hydrogen) atoms. The molecule has 0 aliphatic carbocycles. The van der Waals surface area contributed by atoms with Crippen LogP contribution in [0.5, 0.6) is 0 Å². The Labute approximate surface area is 262 Å². The van der Waals surface area contributed by atoms with Crippen LogP contribution in [0.15, 0.2) is 164 Å². The SMILES string of the molecule is CCO[Si](C)(C)c1ccc(N(c2ccccc2)c2ccc(-c3ccc(N(c4ccccc4)c4ccccc4)cc3)cc2)cc1. The van der Waals surface area contributed by atoms with Crippen LogP contribution in [0.4, 0.5) is 34.1 Å². The fraction of sp³-hybridized carbons (Fsp3) is 0.100. The summed E-state index contributed by atoms with van der Waals surface area (Å²) in [5.74, 6) is 0. The van der Waals surface area contributed by atoms with E-state index in [1.165, 1.54) is 16.3 Å². The maximum atomic E-state index is 6.13. The Morgan fingerprint density at radius 1 is 0.409 bits per heavy atom. The van der Waals surface area contributed by atoms with Crippen molar-refractivity contribution in [1.29, 1.82) is 0 Å². The van der Waals surface area contributed by atoms with Crippen LogP contribution < -0.4 is 15.0 Å². The molecule has 6 aromatic carbocycles. The first kappa shape index (κ1) is 29.2. The van der Waals surface area contributed by atoms with E-state index in [1.807, 2.05) is 0 Å². The third-order valence-corrected chi connectivity index (χ3v) is 10.7. The summed E-state index contributed by atoms with van der Waals surface area (Å²) in [4.78, 5) is 4.59. The smallest absolute Gasteiger partial charge is 0.218 e. The summed E-state index contributed by atoms with van der Waals surface area (Å²) in [7, 11) is -1.91. The summed E-state index contributed by atoms with van der Waals surface area (Å²) in [6.07, 6.45) is 0. The quantitative estimate of drug-likeness (QED) is 0.148. The number of hydrogen-bond donors (Lipinski definition) is 0. The van der Waals surface area contributed by atoms with Crippen LogP contribution in [-0.4, -0.2) is 14.9 Å². The molecule has 0 bridgehead atoms. The fourth-order valence-electron chi connectivity index (χ4n) is 5.69. The molecule has 0 heterocycles. The molecule has 0 amide bonds. The van der Waals surface area contributed by atoms with Crippen molar-refractivity contribution in [2.45, 2.75) is 20.0 Å². The number of para-hydroxylation sites is 3. The molecule has 0 radical (unpaired) electrons. The number of benzene rings is 6. The molecule has 0 aliphatic rings. The van der Waals surface area contributed by atoms with Crippen molar-refractivity contribution < 1.29 is 4.43 Å². The first-order valence-corrected chi connectivity index (χ1v) is 18.1. The number of anilines is 6. The largest absolute Gasteiger partial charge is 0.413 e. The van der Waals surface area contributed by atoms with Gasteiger partial charge in [0, 0.05) is 40.7 Å². The zero-order chi connectivity index (χ0) is 30.4. The van der Waals surface area contributed by atoms with Crippen molar-refractivity contribution in [3.8, 4) is 11.1 Å². The van der Waals surface area contributed by atoms with Crippen LogP contribution in [0.3, 0.4) is 0 Å².